The number of likely N-dealkylation sites (tertiary alicyclic amines) is 1. The van der Waals surface area contributed by atoms with Gasteiger partial charge in [0.15, 0.2) is 0 Å². The molecule has 1 fully saturated rings. The molecule has 92 valence electrons. The maximum atomic E-state index is 3.72. The zero-order chi connectivity index (χ0) is 11.9. The molecule has 0 aromatic heterocycles. The van der Waals surface area contributed by atoms with Gasteiger partial charge in [0.25, 0.3) is 0 Å². The summed E-state index contributed by atoms with van der Waals surface area (Å²) < 4.78 is 0. The van der Waals surface area contributed by atoms with Crippen molar-refractivity contribution in [1.29, 1.82) is 0 Å². The SMILES string of the molecule is C=CCNCC1CCN(Cc2ccccc2)C1. The predicted molar refractivity (Wildman–Crippen MR) is 72.9 cm³/mol. The van der Waals surface area contributed by atoms with Crippen molar-refractivity contribution in [3.8, 4) is 0 Å². The van der Waals surface area contributed by atoms with Crippen molar-refractivity contribution in [3.05, 3.63) is 48.6 Å². The van der Waals surface area contributed by atoms with Gasteiger partial charge in [0, 0.05) is 19.6 Å². The van der Waals surface area contributed by atoms with Gasteiger partial charge in [-0.05, 0) is 31.0 Å². The minimum absolute atomic E-state index is 0.804. The van der Waals surface area contributed by atoms with Crippen molar-refractivity contribution >= 4 is 0 Å². The summed E-state index contributed by atoms with van der Waals surface area (Å²) in [5.41, 5.74) is 1.42. The molecule has 1 atom stereocenters. The largest absolute Gasteiger partial charge is 0.313 e. The average molecular weight is 230 g/mol. The van der Waals surface area contributed by atoms with E-state index < -0.39 is 0 Å². The number of benzene rings is 1. The fourth-order valence-electron chi connectivity index (χ4n) is 2.45. The molecule has 1 aromatic rings. The first kappa shape index (κ1) is 12.3. The monoisotopic (exact) mass is 230 g/mol. The molecular formula is C15H22N2. The molecule has 0 saturated carbocycles. The summed E-state index contributed by atoms with van der Waals surface area (Å²) in [5, 5.41) is 3.42. The highest BCUT2D eigenvalue weighted by molar-refractivity contribution is 5.14. The van der Waals surface area contributed by atoms with Gasteiger partial charge in [-0.2, -0.15) is 0 Å². The van der Waals surface area contributed by atoms with Crippen LogP contribution in [-0.4, -0.2) is 31.1 Å². The van der Waals surface area contributed by atoms with Crippen LogP contribution in [0.5, 0.6) is 0 Å². The summed E-state index contributed by atoms with van der Waals surface area (Å²) in [4.78, 5) is 2.55. The van der Waals surface area contributed by atoms with Gasteiger partial charge in [-0.25, -0.2) is 0 Å². The van der Waals surface area contributed by atoms with E-state index >= 15 is 0 Å². The van der Waals surface area contributed by atoms with E-state index in [0.717, 1.165) is 25.6 Å². The van der Waals surface area contributed by atoms with Gasteiger partial charge in [-0.1, -0.05) is 36.4 Å². The Morgan fingerprint density at radius 3 is 2.94 bits per heavy atom. The van der Waals surface area contributed by atoms with Gasteiger partial charge in [0.05, 0.1) is 0 Å². The molecule has 0 amide bonds. The summed E-state index contributed by atoms with van der Waals surface area (Å²) in [6.45, 7) is 9.32. The van der Waals surface area contributed by atoms with Gasteiger partial charge in [-0.3, -0.25) is 4.90 Å². The Morgan fingerprint density at radius 2 is 2.18 bits per heavy atom. The summed E-state index contributed by atoms with van der Waals surface area (Å²) in [6.07, 6.45) is 3.24. The van der Waals surface area contributed by atoms with Crippen molar-refractivity contribution < 1.29 is 0 Å². The molecule has 1 aliphatic heterocycles. The molecule has 1 unspecified atom stereocenters. The van der Waals surface area contributed by atoms with Crippen LogP contribution in [0.2, 0.25) is 0 Å². The van der Waals surface area contributed by atoms with Crippen molar-refractivity contribution in [1.82, 2.24) is 10.2 Å². The van der Waals surface area contributed by atoms with Crippen LogP contribution < -0.4 is 5.32 Å². The van der Waals surface area contributed by atoms with Gasteiger partial charge in [0.2, 0.25) is 0 Å². The third-order valence-corrected chi connectivity index (χ3v) is 3.34. The Bertz CT molecular complexity index is 334. The quantitative estimate of drug-likeness (QED) is 0.596. The zero-order valence-electron chi connectivity index (χ0n) is 10.4. The van der Waals surface area contributed by atoms with Crippen molar-refractivity contribution in [3.63, 3.8) is 0 Å². The maximum absolute atomic E-state index is 3.72. The van der Waals surface area contributed by atoms with Crippen LogP contribution in [0.15, 0.2) is 43.0 Å². The Balaban J connectivity index is 1.72. The van der Waals surface area contributed by atoms with Crippen LogP contribution >= 0.6 is 0 Å². The number of nitrogens with zero attached hydrogens (tertiary/aromatic N) is 1. The third kappa shape index (κ3) is 3.99. The molecule has 17 heavy (non-hydrogen) atoms. The highest BCUT2D eigenvalue weighted by atomic mass is 15.1. The Morgan fingerprint density at radius 1 is 1.35 bits per heavy atom. The average Bonchev–Trinajstić information content (AvgIpc) is 2.79. The van der Waals surface area contributed by atoms with E-state index in [1.165, 1.54) is 25.1 Å². The van der Waals surface area contributed by atoms with E-state index in [-0.39, 0.29) is 0 Å². The zero-order valence-corrected chi connectivity index (χ0v) is 10.4. The maximum Gasteiger partial charge on any atom is 0.0233 e. The van der Waals surface area contributed by atoms with E-state index in [1.54, 1.807) is 0 Å². The van der Waals surface area contributed by atoms with E-state index in [9.17, 15) is 0 Å². The molecule has 1 heterocycles. The minimum Gasteiger partial charge on any atom is -0.313 e. The van der Waals surface area contributed by atoms with Crippen LogP contribution in [0.3, 0.4) is 0 Å². The second-order valence-electron chi connectivity index (χ2n) is 4.82. The Hall–Kier alpha value is -1.12. The van der Waals surface area contributed by atoms with Crippen LogP contribution in [0, 0.1) is 5.92 Å². The normalized spacial score (nSPS) is 20.6. The second-order valence-corrected chi connectivity index (χ2v) is 4.82. The first-order chi connectivity index (χ1) is 8.38. The molecule has 2 nitrogen and oxygen atoms in total. The van der Waals surface area contributed by atoms with Gasteiger partial charge in [-0.15, -0.1) is 6.58 Å². The highest BCUT2D eigenvalue weighted by Crippen LogP contribution is 2.17. The van der Waals surface area contributed by atoms with Crippen molar-refractivity contribution in [2.45, 2.75) is 13.0 Å². The molecular weight excluding hydrogens is 208 g/mol. The van der Waals surface area contributed by atoms with E-state index in [1.807, 2.05) is 6.08 Å². The molecule has 0 aliphatic carbocycles. The standard InChI is InChI=1S/C15H22N2/c1-2-9-16-11-15-8-10-17(13-15)12-14-6-4-3-5-7-14/h2-7,15-16H,1,8-13H2. The third-order valence-electron chi connectivity index (χ3n) is 3.34. The lowest BCUT2D eigenvalue weighted by Gasteiger charge is -2.16. The predicted octanol–water partition coefficient (Wildman–Crippen LogP) is 2.28. The lowest BCUT2D eigenvalue weighted by Crippen LogP contribution is -2.26. The lowest BCUT2D eigenvalue weighted by atomic mass is 10.1. The summed E-state index contributed by atoms with van der Waals surface area (Å²) >= 11 is 0. The fraction of sp³-hybridized carbons (Fsp3) is 0.467. The van der Waals surface area contributed by atoms with E-state index in [4.69, 9.17) is 0 Å². The van der Waals surface area contributed by atoms with Crippen molar-refractivity contribution in [2.75, 3.05) is 26.2 Å². The number of rotatable bonds is 6. The highest BCUT2D eigenvalue weighted by Gasteiger charge is 2.21. The fourth-order valence-corrected chi connectivity index (χ4v) is 2.45. The van der Waals surface area contributed by atoms with Crippen LogP contribution in [0.25, 0.3) is 0 Å². The van der Waals surface area contributed by atoms with E-state index in [2.05, 4.69) is 47.1 Å². The number of nitrogens with one attached hydrogen (secondary N) is 1. The second kappa shape index (κ2) is 6.58. The molecule has 0 spiro atoms. The van der Waals surface area contributed by atoms with Gasteiger partial charge < -0.3 is 5.32 Å². The smallest absolute Gasteiger partial charge is 0.0233 e. The Kier molecular flexibility index (Phi) is 4.77. The summed E-state index contributed by atoms with van der Waals surface area (Å²) in [6, 6.07) is 10.7. The Labute approximate surface area is 104 Å². The molecule has 1 N–H and O–H groups in total. The van der Waals surface area contributed by atoms with E-state index in [0.29, 0.717) is 0 Å². The minimum atomic E-state index is 0.804. The molecule has 1 aliphatic rings. The first-order valence-corrected chi connectivity index (χ1v) is 6.46. The molecule has 2 heteroatoms. The lowest BCUT2D eigenvalue weighted by molar-refractivity contribution is 0.315. The van der Waals surface area contributed by atoms with Gasteiger partial charge >= 0.3 is 0 Å². The summed E-state index contributed by atoms with van der Waals surface area (Å²) in [5.74, 6) is 0.804. The number of hydrogen-bond donors (Lipinski definition) is 1. The number of hydrogen-bond acceptors (Lipinski definition) is 2. The molecule has 1 saturated heterocycles. The molecule has 2 rings (SSSR count). The van der Waals surface area contributed by atoms with Gasteiger partial charge in [0.1, 0.15) is 0 Å². The topological polar surface area (TPSA) is 15.3 Å². The van der Waals surface area contributed by atoms with Crippen LogP contribution in [0.1, 0.15) is 12.0 Å². The first-order valence-electron chi connectivity index (χ1n) is 6.46. The van der Waals surface area contributed by atoms with Crippen LogP contribution in [-0.2, 0) is 6.54 Å². The van der Waals surface area contributed by atoms with Crippen LogP contribution in [0.4, 0.5) is 0 Å². The summed E-state index contributed by atoms with van der Waals surface area (Å²) in [7, 11) is 0. The molecule has 0 radical (unpaired) electrons. The van der Waals surface area contributed by atoms with Crippen molar-refractivity contribution in [2.24, 2.45) is 5.92 Å². The molecule has 1 aromatic carbocycles. The molecule has 0 bridgehead atoms.